The quantitative estimate of drug-likeness (QED) is 0.790. The number of halogens is 3. The molecule has 0 aromatic heterocycles. The van der Waals surface area contributed by atoms with Crippen molar-refractivity contribution in [2.75, 3.05) is 5.75 Å². The van der Waals surface area contributed by atoms with Gasteiger partial charge in [0.2, 0.25) is 0 Å². The summed E-state index contributed by atoms with van der Waals surface area (Å²) in [5.41, 5.74) is -1.15. The molecule has 0 spiro atoms. The molecule has 1 aromatic carbocycles. The van der Waals surface area contributed by atoms with Crippen molar-refractivity contribution in [2.24, 2.45) is 0 Å². The zero-order valence-corrected chi connectivity index (χ0v) is 11.3. The molecule has 1 aliphatic heterocycles. The van der Waals surface area contributed by atoms with E-state index >= 15 is 0 Å². The van der Waals surface area contributed by atoms with Crippen molar-refractivity contribution in [3.63, 3.8) is 0 Å². The van der Waals surface area contributed by atoms with Gasteiger partial charge in [0, 0.05) is 5.56 Å². The van der Waals surface area contributed by atoms with Crippen molar-refractivity contribution in [3.8, 4) is 0 Å². The second-order valence-corrected chi connectivity index (χ2v) is 7.10. The standard InChI is InChI=1S/C13H13F3O3S/c14-13(15,16)10-5-3-4-9(8-10)12(17)11-6-1-2-7-20(11,18)19/h3-5,8,11H,1-2,6-7H2. The van der Waals surface area contributed by atoms with Crippen LogP contribution in [0.25, 0.3) is 0 Å². The second-order valence-electron chi connectivity index (χ2n) is 4.79. The van der Waals surface area contributed by atoms with Crippen LogP contribution in [-0.4, -0.2) is 25.2 Å². The van der Waals surface area contributed by atoms with Crippen LogP contribution < -0.4 is 0 Å². The molecule has 1 heterocycles. The van der Waals surface area contributed by atoms with Crippen molar-refractivity contribution in [2.45, 2.75) is 30.7 Å². The summed E-state index contributed by atoms with van der Waals surface area (Å²) in [6, 6.07) is 3.91. The highest BCUT2D eigenvalue weighted by molar-refractivity contribution is 7.92. The summed E-state index contributed by atoms with van der Waals surface area (Å²) < 4.78 is 61.5. The van der Waals surface area contributed by atoms with Crippen LogP contribution in [0.4, 0.5) is 13.2 Å². The third kappa shape index (κ3) is 3.03. The first-order valence-electron chi connectivity index (χ1n) is 6.15. The molecule has 1 atom stereocenters. The van der Waals surface area contributed by atoms with E-state index in [4.69, 9.17) is 0 Å². The van der Waals surface area contributed by atoms with Gasteiger partial charge in [-0.1, -0.05) is 18.6 Å². The smallest absolute Gasteiger partial charge is 0.293 e. The molecule has 0 bridgehead atoms. The van der Waals surface area contributed by atoms with E-state index < -0.39 is 32.6 Å². The molecule has 1 unspecified atom stereocenters. The number of alkyl halides is 3. The summed E-state index contributed by atoms with van der Waals surface area (Å²) in [5.74, 6) is -0.821. The Bertz CT molecular complexity index is 620. The van der Waals surface area contributed by atoms with Gasteiger partial charge in [0.05, 0.1) is 11.3 Å². The Balaban J connectivity index is 2.34. The summed E-state index contributed by atoms with van der Waals surface area (Å²) in [5, 5.41) is -1.21. The summed E-state index contributed by atoms with van der Waals surface area (Å²) >= 11 is 0. The molecule has 1 fully saturated rings. The second kappa shape index (κ2) is 5.20. The molecule has 0 radical (unpaired) electrons. The molecule has 7 heteroatoms. The molecule has 20 heavy (non-hydrogen) atoms. The maximum absolute atomic E-state index is 12.6. The predicted molar refractivity (Wildman–Crippen MR) is 67.2 cm³/mol. The normalized spacial score (nSPS) is 22.4. The summed E-state index contributed by atoms with van der Waals surface area (Å²) in [4.78, 5) is 12.1. The van der Waals surface area contributed by atoms with E-state index in [1.807, 2.05) is 0 Å². The van der Waals surface area contributed by atoms with E-state index in [1.54, 1.807) is 0 Å². The Morgan fingerprint density at radius 3 is 2.50 bits per heavy atom. The van der Waals surface area contributed by atoms with Crippen LogP contribution >= 0.6 is 0 Å². The predicted octanol–water partition coefficient (Wildman–Crippen LogP) is 2.86. The highest BCUT2D eigenvalue weighted by Gasteiger charge is 2.36. The third-order valence-electron chi connectivity index (χ3n) is 3.35. The van der Waals surface area contributed by atoms with E-state index in [-0.39, 0.29) is 17.7 Å². The number of hydrogen-bond acceptors (Lipinski definition) is 3. The Morgan fingerprint density at radius 2 is 1.90 bits per heavy atom. The highest BCUT2D eigenvalue weighted by Crippen LogP contribution is 2.30. The first-order chi connectivity index (χ1) is 9.22. The van der Waals surface area contributed by atoms with Gasteiger partial charge in [-0.05, 0) is 25.0 Å². The number of hydrogen-bond donors (Lipinski definition) is 0. The first-order valence-corrected chi connectivity index (χ1v) is 7.86. The summed E-state index contributed by atoms with van der Waals surface area (Å²) in [6.45, 7) is 0. The minimum absolute atomic E-state index is 0.0810. The molecular weight excluding hydrogens is 293 g/mol. The first kappa shape index (κ1) is 15.0. The largest absolute Gasteiger partial charge is 0.416 e. The van der Waals surface area contributed by atoms with Crippen molar-refractivity contribution in [3.05, 3.63) is 35.4 Å². The Hall–Kier alpha value is -1.37. The van der Waals surface area contributed by atoms with Crippen molar-refractivity contribution in [1.82, 2.24) is 0 Å². The number of ketones is 1. The number of Topliss-reactive ketones (excluding diaryl/α,β-unsaturated/α-hetero) is 1. The van der Waals surface area contributed by atoms with E-state index in [0.29, 0.717) is 18.9 Å². The fraction of sp³-hybridized carbons (Fsp3) is 0.462. The Kier molecular flexibility index (Phi) is 3.90. The molecule has 0 amide bonds. The molecule has 110 valence electrons. The lowest BCUT2D eigenvalue weighted by Crippen LogP contribution is -2.35. The number of carbonyl (C=O) groups excluding carboxylic acids is 1. The Morgan fingerprint density at radius 1 is 1.20 bits per heavy atom. The van der Waals surface area contributed by atoms with Gasteiger partial charge in [-0.2, -0.15) is 13.2 Å². The van der Waals surface area contributed by atoms with Crippen LogP contribution in [0.3, 0.4) is 0 Å². The van der Waals surface area contributed by atoms with Crippen LogP contribution in [0.1, 0.15) is 35.2 Å². The lowest BCUT2D eigenvalue weighted by molar-refractivity contribution is -0.137. The summed E-state index contributed by atoms with van der Waals surface area (Å²) in [6.07, 6.45) is -3.29. The monoisotopic (exact) mass is 306 g/mol. The average molecular weight is 306 g/mol. The fourth-order valence-corrected chi connectivity index (χ4v) is 4.16. The summed E-state index contributed by atoms with van der Waals surface area (Å²) in [7, 11) is -3.55. The van der Waals surface area contributed by atoms with Crippen LogP contribution in [0.2, 0.25) is 0 Å². The lowest BCUT2D eigenvalue weighted by Gasteiger charge is -2.21. The van der Waals surface area contributed by atoms with Crippen LogP contribution in [-0.2, 0) is 16.0 Å². The molecule has 0 saturated carbocycles. The highest BCUT2D eigenvalue weighted by atomic mass is 32.2. The van der Waals surface area contributed by atoms with Gasteiger partial charge in [0.25, 0.3) is 0 Å². The number of carbonyl (C=O) groups is 1. The number of sulfone groups is 1. The van der Waals surface area contributed by atoms with Crippen molar-refractivity contribution in [1.29, 1.82) is 0 Å². The van der Waals surface area contributed by atoms with Gasteiger partial charge >= 0.3 is 6.18 Å². The van der Waals surface area contributed by atoms with E-state index in [2.05, 4.69) is 0 Å². The maximum atomic E-state index is 12.6. The molecule has 2 rings (SSSR count). The zero-order chi connectivity index (χ0) is 15.0. The minimum atomic E-state index is -4.55. The third-order valence-corrected chi connectivity index (χ3v) is 5.52. The van der Waals surface area contributed by atoms with Crippen LogP contribution in [0.5, 0.6) is 0 Å². The van der Waals surface area contributed by atoms with Gasteiger partial charge in [-0.3, -0.25) is 4.79 Å². The minimum Gasteiger partial charge on any atom is -0.293 e. The zero-order valence-electron chi connectivity index (χ0n) is 10.5. The molecule has 3 nitrogen and oxygen atoms in total. The molecule has 0 aliphatic carbocycles. The number of rotatable bonds is 2. The molecular formula is C13H13F3O3S. The van der Waals surface area contributed by atoms with Crippen molar-refractivity contribution >= 4 is 15.6 Å². The van der Waals surface area contributed by atoms with Gasteiger partial charge in [-0.15, -0.1) is 0 Å². The fourth-order valence-electron chi connectivity index (χ4n) is 2.28. The van der Waals surface area contributed by atoms with Crippen LogP contribution in [0.15, 0.2) is 24.3 Å². The van der Waals surface area contributed by atoms with Gasteiger partial charge in [0.15, 0.2) is 15.6 Å². The molecule has 1 aliphatic rings. The van der Waals surface area contributed by atoms with Crippen LogP contribution in [0, 0.1) is 0 Å². The van der Waals surface area contributed by atoms with Gasteiger partial charge in [0.1, 0.15) is 5.25 Å². The van der Waals surface area contributed by atoms with Gasteiger partial charge in [-0.25, -0.2) is 8.42 Å². The van der Waals surface area contributed by atoms with Gasteiger partial charge < -0.3 is 0 Å². The Labute approximate surface area is 114 Å². The van der Waals surface area contributed by atoms with E-state index in [9.17, 15) is 26.4 Å². The molecule has 1 saturated heterocycles. The SMILES string of the molecule is O=C(c1cccc(C(F)(F)F)c1)C1CCCCS1(=O)=O. The molecule has 1 aromatic rings. The number of benzene rings is 1. The molecule has 0 N–H and O–H groups in total. The topological polar surface area (TPSA) is 51.2 Å². The maximum Gasteiger partial charge on any atom is 0.416 e. The lowest BCUT2D eigenvalue weighted by atomic mass is 10.0. The average Bonchev–Trinajstić information content (AvgIpc) is 2.37. The van der Waals surface area contributed by atoms with E-state index in [1.165, 1.54) is 6.07 Å². The van der Waals surface area contributed by atoms with E-state index in [0.717, 1.165) is 12.1 Å². The van der Waals surface area contributed by atoms with Crippen molar-refractivity contribution < 1.29 is 26.4 Å².